The Morgan fingerprint density at radius 1 is 1.47 bits per heavy atom. The van der Waals surface area contributed by atoms with Crippen LogP contribution in [0.3, 0.4) is 0 Å². The number of pyridine rings is 1. The van der Waals surface area contributed by atoms with Crippen LogP contribution >= 0.6 is 0 Å². The van der Waals surface area contributed by atoms with Crippen LogP contribution in [0, 0.1) is 0 Å². The summed E-state index contributed by atoms with van der Waals surface area (Å²) in [7, 11) is 0. The molecule has 3 nitrogen and oxygen atoms in total. The van der Waals surface area contributed by atoms with Crippen molar-refractivity contribution in [2.24, 2.45) is 0 Å². The topological polar surface area (TPSA) is 39.2 Å². The van der Waals surface area contributed by atoms with Crippen LogP contribution in [0.4, 0.5) is 0 Å². The summed E-state index contributed by atoms with van der Waals surface area (Å²) in [5.41, 5.74) is 1.34. The van der Waals surface area contributed by atoms with Gasteiger partial charge in [-0.25, -0.2) is 4.79 Å². The monoisotopic (exact) mass is 231 g/mol. The molecule has 1 aromatic rings. The first-order valence-electron chi connectivity index (χ1n) is 5.08. The fraction of sp³-hybridized carbons (Fsp3) is 0.143. The number of carbonyl (C=O) groups is 1. The van der Waals surface area contributed by atoms with E-state index in [2.05, 4.69) is 29.5 Å². The fourth-order valence-electron chi connectivity index (χ4n) is 0.755. The average molecular weight is 231 g/mol. The van der Waals surface area contributed by atoms with Crippen LogP contribution in [0.25, 0.3) is 6.08 Å². The summed E-state index contributed by atoms with van der Waals surface area (Å²) in [5.74, 6) is -0.366. The summed E-state index contributed by atoms with van der Waals surface area (Å²) >= 11 is 0. The number of carbonyl (C=O) groups excluding carboxylic acids is 1. The molecule has 0 N–H and O–H groups in total. The molecule has 17 heavy (non-hydrogen) atoms. The van der Waals surface area contributed by atoms with Crippen molar-refractivity contribution in [2.45, 2.75) is 6.92 Å². The van der Waals surface area contributed by atoms with E-state index in [-0.39, 0.29) is 12.6 Å². The molecule has 90 valence electrons. The summed E-state index contributed by atoms with van der Waals surface area (Å²) < 4.78 is 4.60. The lowest BCUT2D eigenvalue weighted by Crippen LogP contribution is -2.03. The van der Waals surface area contributed by atoms with E-state index in [0.29, 0.717) is 5.57 Å². The number of aromatic nitrogens is 1. The van der Waals surface area contributed by atoms with Gasteiger partial charge in [-0.3, -0.25) is 4.98 Å². The zero-order valence-electron chi connectivity index (χ0n) is 10.1. The molecule has 0 unspecified atom stereocenters. The molecule has 0 saturated heterocycles. The number of nitrogens with zero attached hydrogens (tertiary/aromatic N) is 1. The van der Waals surface area contributed by atoms with Crippen molar-refractivity contribution in [1.29, 1.82) is 0 Å². The van der Waals surface area contributed by atoms with E-state index in [1.54, 1.807) is 19.2 Å². The minimum absolute atomic E-state index is 0.256. The van der Waals surface area contributed by atoms with Crippen LogP contribution in [-0.4, -0.2) is 17.6 Å². The highest BCUT2D eigenvalue weighted by Gasteiger charge is 1.98. The summed E-state index contributed by atoms with van der Waals surface area (Å²) in [4.78, 5) is 14.5. The molecular formula is C14H17NO2. The molecule has 1 aromatic heterocycles. The highest BCUT2D eigenvalue weighted by atomic mass is 16.5. The van der Waals surface area contributed by atoms with Gasteiger partial charge in [0.2, 0.25) is 0 Å². The molecule has 0 aliphatic heterocycles. The summed E-state index contributed by atoms with van der Waals surface area (Å²) in [5, 5.41) is 0. The van der Waals surface area contributed by atoms with Gasteiger partial charge in [-0.1, -0.05) is 31.9 Å². The van der Waals surface area contributed by atoms with Crippen LogP contribution in [0.2, 0.25) is 0 Å². The Morgan fingerprint density at radius 3 is 2.53 bits per heavy atom. The first-order valence-corrected chi connectivity index (χ1v) is 5.08. The molecule has 0 aromatic carbocycles. The second kappa shape index (κ2) is 9.09. The molecular weight excluding hydrogens is 214 g/mol. The molecule has 1 rings (SSSR count). The standard InChI is InChI=1S/C7H7N.C7H10O2/c1-2-7-5-3-4-6-8-7;1-4-5-9-7(8)6(2)3/h2-6H,1H2;4H,1-2,5H2,3H3. The van der Waals surface area contributed by atoms with Gasteiger partial charge < -0.3 is 4.74 Å². The minimum Gasteiger partial charge on any atom is -0.458 e. The number of rotatable bonds is 4. The third-order valence-electron chi connectivity index (χ3n) is 1.58. The van der Waals surface area contributed by atoms with E-state index in [9.17, 15) is 4.79 Å². The smallest absolute Gasteiger partial charge is 0.333 e. The Kier molecular flexibility index (Phi) is 7.94. The van der Waals surface area contributed by atoms with E-state index in [4.69, 9.17) is 0 Å². The number of hydrogen-bond donors (Lipinski definition) is 0. The molecule has 0 aliphatic rings. The van der Waals surface area contributed by atoms with Crippen LogP contribution in [0.1, 0.15) is 12.6 Å². The van der Waals surface area contributed by atoms with E-state index in [1.165, 1.54) is 6.08 Å². The molecule has 0 amide bonds. The van der Waals surface area contributed by atoms with Crippen LogP contribution in [0.15, 0.2) is 55.8 Å². The van der Waals surface area contributed by atoms with Gasteiger partial charge in [0.05, 0.1) is 5.69 Å². The molecule has 0 aliphatic carbocycles. The molecule has 1 heterocycles. The second-order valence-electron chi connectivity index (χ2n) is 3.13. The van der Waals surface area contributed by atoms with Gasteiger partial charge in [-0.15, -0.1) is 0 Å². The maximum absolute atomic E-state index is 10.5. The van der Waals surface area contributed by atoms with Gasteiger partial charge in [0.25, 0.3) is 0 Å². The summed E-state index contributed by atoms with van der Waals surface area (Å²) in [6, 6.07) is 5.73. The number of hydrogen-bond acceptors (Lipinski definition) is 3. The van der Waals surface area contributed by atoms with E-state index in [1.807, 2.05) is 18.2 Å². The highest BCUT2D eigenvalue weighted by Crippen LogP contribution is 1.92. The Hall–Kier alpha value is -2.16. The molecule has 0 radical (unpaired) electrons. The predicted molar refractivity (Wildman–Crippen MR) is 70.3 cm³/mol. The van der Waals surface area contributed by atoms with Gasteiger partial charge >= 0.3 is 5.97 Å². The first-order chi connectivity index (χ1) is 8.11. The summed E-state index contributed by atoms with van der Waals surface area (Å²) in [6.07, 6.45) is 4.98. The van der Waals surface area contributed by atoms with Gasteiger partial charge in [-0.05, 0) is 25.1 Å². The van der Waals surface area contributed by atoms with Crippen molar-refractivity contribution >= 4 is 12.0 Å². The molecule has 0 fully saturated rings. The number of esters is 1. The van der Waals surface area contributed by atoms with Crippen molar-refractivity contribution in [3.05, 3.63) is 61.5 Å². The normalized spacial score (nSPS) is 8.29. The third-order valence-corrected chi connectivity index (χ3v) is 1.58. The van der Waals surface area contributed by atoms with E-state index < -0.39 is 0 Å². The Labute approximate surface area is 102 Å². The van der Waals surface area contributed by atoms with Crippen LogP contribution in [0.5, 0.6) is 0 Å². The van der Waals surface area contributed by atoms with Crippen molar-refractivity contribution in [1.82, 2.24) is 4.98 Å². The minimum atomic E-state index is -0.366. The fourth-order valence-corrected chi connectivity index (χ4v) is 0.755. The van der Waals surface area contributed by atoms with Gasteiger partial charge in [0.15, 0.2) is 0 Å². The van der Waals surface area contributed by atoms with Crippen molar-refractivity contribution in [3.8, 4) is 0 Å². The van der Waals surface area contributed by atoms with E-state index in [0.717, 1.165) is 5.69 Å². The highest BCUT2D eigenvalue weighted by molar-refractivity contribution is 5.86. The van der Waals surface area contributed by atoms with Crippen molar-refractivity contribution in [3.63, 3.8) is 0 Å². The summed E-state index contributed by atoms with van der Waals surface area (Å²) in [6.45, 7) is 12.2. The zero-order valence-corrected chi connectivity index (χ0v) is 10.1. The van der Waals surface area contributed by atoms with Crippen LogP contribution in [-0.2, 0) is 9.53 Å². The van der Waals surface area contributed by atoms with Crippen LogP contribution < -0.4 is 0 Å². The Morgan fingerprint density at radius 2 is 2.18 bits per heavy atom. The maximum Gasteiger partial charge on any atom is 0.333 e. The lowest BCUT2D eigenvalue weighted by Gasteiger charge is -1.97. The Balaban J connectivity index is 0.000000302. The number of ether oxygens (including phenoxy) is 1. The first kappa shape index (κ1) is 14.8. The van der Waals surface area contributed by atoms with Gasteiger partial charge in [0.1, 0.15) is 6.61 Å². The van der Waals surface area contributed by atoms with Crippen molar-refractivity contribution in [2.75, 3.05) is 6.61 Å². The lowest BCUT2D eigenvalue weighted by molar-refractivity contribution is -0.137. The lowest BCUT2D eigenvalue weighted by atomic mass is 10.4. The predicted octanol–water partition coefficient (Wildman–Crippen LogP) is 3.02. The molecule has 0 atom stereocenters. The quantitative estimate of drug-likeness (QED) is 0.454. The second-order valence-corrected chi connectivity index (χ2v) is 3.13. The molecule has 0 saturated carbocycles. The van der Waals surface area contributed by atoms with Crippen molar-refractivity contribution < 1.29 is 9.53 Å². The van der Waals surface area contributed by atoms with Gasteiger partial charge in [-0.2, -0.15) is 0 Å². The molecule has 0 spiro atoms. The maximum atomic E-state index is 10.5. The molecule has 0 bridgehead atoms. The SMILES string of the molecule is C=CCOC(=O)C(=C)C.C=Cc1ccccn1. The molecule has 3 heteroatoms. The Bertz CT molecular complexity index is 382. The average Bonchev–Trinajstić information content (AvgIpc) is 2.37. The zero-order chi connectivity index (χ0) is 13.1. The van der Waals surface area contributed by atoms with E-state index >= 15 is 0 Å². The van der Waals surface area contributed by atoms with Gasteiger partial charge in [0, 0.05) is 11.8 Å². The third kappa shape index (κ3) is 7.73. The largest absolute Gasteiger partial charge is 0.458 e.